The molecule has 2 heterocycles. The quantitative estimate of drug-likeness (QED) is 0.764. The summed E-state index contributed by atoms with van der Waals surface area (Å²) >= 11 is 1.73. The van der Waals surface area contributed by atoms with Crippen LogP contribution in [0.3, 0.4) is 0 Å². The molecule has 0 amide bonds. The Bertz CT molecular complexity index is 315. The van der Waals surface area contributed by atoms with Crippen LogP contribution in [0.25, 0.3) is 0 Å². The molecule has 0 aliphatic carbocycles. The number of aromatic nitrogens is 1. The van der Waals surface area contributed by atoms with Crippen molar-refractivity contribution in [1.29, 1.82) is 0 Å². The van der Waals surface area contributed by atoms with Gasteiger partial charge in [-0.3, -0.25) is 0 Å². The van der Waals surface area contributed by atoms with Gasteiger partial charge in [-0.1, -0.05) is 0 Å². The summed E-state index contributed by atoms with van der Waals surface area (Å²) in [5, 5.41) is 10.3. The Morgan fingerprint density at radius 1 is 1.59 bits per heavy atom. The fourth-order valence-corrected chi connectivity index (χ4v) is 3.10. The van der Waals surface area contributed by atoms with E-state index in [4.69, 9.17) is 0 Å². The summed E-state index contributed by atoms with van der Waals surface area (Å²) in [6, 6.07) is 0. The molecule has 0 aromatic carbocycles. The molecule has 96 valence electrons. The first-order valence-electron chi connectivity index (χ1n) is 6.54. The van der Waals surface area contributed by atoms with Crippen LogP contribution in [0.15, 0.2) is 11.6 Å². The van der Waals surface area contributed by atoms with Crippen LogP contribution >= 0.6 is 11.3 Å². The second kappa shape index (κ2) is 5.94. The highest BCUT2D eigenvalue weighted by Crippen LogP contribution is 2.22. The van der Waals surface area contributed by atoms with E-state index in [0.29, 0.717) is 0 Å². The topological polar surface area (TPSA) is 37.0 Å². The number of nitrogens with zero attached hydrogens (tertiary/aromatic N) is 1. The van der Waals surface area contributed by atoms with Crippen LogP contribution in [-0.4, -0.2) is 24.6 Å². The third-order valence-electron chi connectivity index (χ3n) is 3.49. The maximum atomic E-state index is 4.39. The van der Waals surface area contributed by atoms with Gasteiger partial charge in [0.25, 0.3) is 0 Å². The second-order valence-corrected chi connectivity index (χ2v) is 6.28. The molecule has 1 aliphatic heterocycles. The molecule has 1 atom stereocenters. The highest BCUT2D eigenvalue weighted by Gasteiger charge is 2.22. The first-order chi connectivity index (χ1) is 8.18. The van der Waals surface area contributed by atoms with Crippen molar-refractivity contribution in [2.45, 2.75) is 38.6 Å². The van der Waals surface area contributed by atoms with Crippen molar-refractivity contribution in [2.75, 3.05) is 19.6 Å². The molecule has 2 rings (SSSR count). The Balaban J connectivity index is 1.67. The molecule has 1 unspecified atom stereocenters. The molecule has 1 aromatic heterocycles. The average Bonchev–Trinajstić information content (AvgIpc) is 2.97. The van der Waals surface area contributed by atoms with E-state index < -0.39 is 0 Å². The lowest BCUT2D eigenvalue weighted by molar-refractivity contribution is 0.382. The highest BCUT2D eigenvalue weighted by atomic mass is 32.1. The highest BCUT2D eigenvalue weighted by molar-refractivity contribution is 7.09. The van der Waals surface area contributed by atoms with Crippen LogP contribution in [-0.2, 0) is 5.54 Å². The van der Waals surface area contributed by atoms with Gasteiger partial charge in [-0.2, -0.15) is 0 Å². The molecular formula is C13H23N3S. The molecule has 17 heavy (non-hydrogen) atoms. The largest absolute Gasteiger partial charge is 0.316 e. The Hall–Kier alpha value is -0.450. The number of nitrogens with one attached hydrogen (secondary N) is 2. The molecule has 2 N–H and O–H groups in total. The van der Waals surface area contributed by atoms with Gasteiger partial charge in [0, 0.05) is 11.6 Å². The summed E-state index contributed by atoms with van der Waals surface area (Å²) in [6.07, 6.45) is 5.85. The minimum absolute atomic E-state index is 0.0160. The molecular weight excluding hydrogens is 230 g/mol. The number of hydrogen-bond acceptors (Lipinski definition) is 4. The van der Waals surface area contributed by atoms with Crippen molar-refractivity contribution in [2.24, 2.45) is 5.92 Å². The summed E-state index contributed by atoms with van der Waals surface area (Å²) in [4.78, 5) is 4.39. The van der Waals surface area contributed by atoms with Gasteiger partial charge in [0.1, 0.15) is 5.01 Å². The van der Waals surface area contributed by atoms with Crippen LogP contribution in [0.1, 0.15) is 38.1 Å². The summed E-state index contributed by atoms with van der Waals surface area (Å²) in [5.74, 6) is 0.903. The normalized spacial score (nSPS) is 20.9. The summed E-state index contributed by atoms with van der Waals surface area (Å²) in [7, 11) is 0. The minimum Gasteiger partial charge on any atom is -0.316 e. The zero-order valence-electron chi connectivity index (χ0n) is 10.8. The molecule has 1 saturated heterocycles. The standard InChI is InChI=1S/C13H23N3S/c1-13(2,12-15-8-9-17-12)16-6-3-4-11-5-7-14-10-11/h8-9,11,14,16H,3-7,10H2,1-2H3. The van der Waals surface area contributed by atoms with Crippen LogP contribution < -0.4 is 10.6 Å². The smallest absolute Gasteiger partial charge is 0.112 e. The second-order valence-electron chi connectivity index (χ2n) is 5.39. The van der Waals surface area contributed by atoms with E-state index in [-0.39, 0.29) is 5.54 Å². The zero-order chi connectivity index (χ0) is 12.1. The molecule has 0 bridgehead atoms. The first kappa shape index (κ1) is 13.0. The predicted octanol–water partition coefficient (Wildman–Crippen LogP) is 2.36. The first-order valence-corrected chi connectivity index (χ1v) is 7.42. The van der Waals surface area contributed by atoms with Crippen LogP contribution in [0, 0.1) is 5.92 Å². The molecule has 0 radical (unpaired) electrons. The van der Waals surface area contributed by atoms with Crippen molar-refractivity contribution < 1.29 is 0 Å². The average molecular weight is 253 g/mol. The third kappa shape index (κ3) is 3.76. The fourth-order valence-electron chi connectivity index (χ4n) is 2.36. The van der Waals surface area contributed by atoms with Gasteiger partial charge in [-0.05, 0) is 58.7 Å². The van der Waals surface area contributed by atoms with E-state index >= 15 is 0 Å². The van der Waals surface area contributed by atoms with E-state index in [9.17, 15) is 0 Å². The van der Waals surface area contributed by atoms with Crippen molar-refractivity contribution >= 4 is 11.3 Å². The molecule has 4 heteroatoms. The lowest BCUT2D eigenvalue weighted by Gasteiger charge is -2.24. The van der Waals surface area contributed by atoms with Gasteiger partial charge in [-0.15, -0.1) is 11.3 Å². The van der Waals surface area contributed by atoms with Crippen molar-refractivity contribution in [3.8, 4) is 0 Å². The maximum absolute atomic E-state index is 4.39. The number of thiazole rings is 1. The van der Waals surface area contributed by atoms with Gasteiger partial charge in [0.05, 0.1) is 5.54 Å². The van der Waals surface area contributed by atoms with Crippen LogP contribution in [0.2, 0.25) is 0 Å². The summed E-state index contributed by atoms with van der Waals surface area (Å²) in [5.41, 5.74) is 0.0160. The van der Waals surface area contributed by atoms with E-state index in [1.165, 1.54) is 37.4 Å². The van der Waals surface area contributed by atoms with E-state index in [0.717, 1.165) is 12.5 Å². The van der Waals surface area contributed by atoms with E-state index in [1.807, 2.05) is 11.6 Å². The molecule has 1 fully saturated rings. The SMILES string of the molecule is CC(C)(NCCCC1CCNC1)c1nccs1. The van der Waals surface area contributed by atoms with E-state index in [1.54, 1.807) is 11.3 Å². The monoisotopic (exact) mass is 253 g/mol. The molecule has 1 aliphatic rings. The van der Waals surface area contributed by atoms with Crippen molar-refractivity contribution in [3.63, 3.8) is 0 Å². The zero-order valence-corrected chi connectivity index (χ0v) is 11.6. The number of hydrogen-bond donors (Lipinski definition) is 2. The molecule has 3 nitrogen and oxygen atoms in total. The van der Waals surface area contributed by atoms with Gasteiger partial charge in [0.2, 0.25) is 0 Å². The lowest BCUT2D eigenvalue weighted by atomic mass is 10.0. The van der Waals surface area contributed by atoms with Gasteiger partial charge in [-0.25, -0.2) is 4.98 Å². The van der Waals surface area contributed by atoms with Crippen molar-refractivity contribution in [1.82, 2.24) is 15.6 Å². The Morgan fingerprint density at radius 2 is 2.47 bits per heavy atom. The van der Waals surface area contributed by atoms with E-state index in [2.05, 4.69) is 29.5 Å². The van der Waals surface area contributed by atoms with Crippen LogP contribution in [0.4, 0.5) is 0 Å². The van der Waals surface area contributed by atoms with Crippen LogP contribution in [0.5, 0.6) is 0 Å². The summed E-state index contributed by atoms with van der Waals surface area (Å²) in [6.45, 7) is 7.94. The molecule has 0 saturated carbocycles. The Labute approximate surface area is 108 Å². The molecule has 1 aromatic rings. The Kier molecular flexibility index (Phi) is 4.54. The summed E-state index contributed by atoms with van der Waals surface area (Å²) < 4.78 is 0. The van der Waals surface area contributed by atoms with Gasteiger partial charge >= 0.3 is 0 Å². The lowest BCUT2D eigenvalue weighted by Crippen LogP contribution is -2.37. The molecule has 0 spiro atoms. The van der Waals surface area contributed by atoms with Gasteiger partial charge in [0.15, 0.2) is 0 Å². The predicted molar refractivity (Wildman–Crippen MR) is 73.4 cm³/mol. The minimum atomic E-state index is 0.0160. The third-order valence-corrected chi connectivity index (χ3v) is 4.58. The maximum Gasteiger partial charge on any atom is 0.112 e. The van der Waals surface area contributed by atoms with Gasteiger partial charge < -0.3 is 10.6 Å². The number of rotatable bonds is 6. The fraction of sp³-hybridized carbons (Fsp3) is 0.769. The van der Waals surface area contributed by atoms with Crippen molar-refractivity contribution in [3.05, 3.63) is 16.6 Å². The Morgan fingerprint density at radius 3 is 3.12 bits per heavy atom.